The maximum Gasteiger partial charge on any atom is 0.251 e. The van der Waals surface area contributed by atoms with Gasteiger partial charge in [0.25, 0.3) is 5.91 Å². The fourth-order valence-corrected chi connectivity index (χ4v) is 5.11. The van der Waals surface area contributed by atoms with Crippen molar-refractivity contribution >= 4 is 28.5 Å². The Kier molecular flexibility index (Phi) is 9.91. The molecule has 0 saturated carbocycles. The van der Waals surface area contributed by atoms with Crippen molar-refractivity contribution < 1.29 is 14.4 Å². The van der Waals surface area contributed by atoms with Crippen LogP contribution in [0.15, 0.2) is 42.5 Å². The van der Waals surface area contributed by atoms with Crippen LogP contribution in [0.1, 0.15) is 77.1 Å². The summed E-state index contributed by atoms with van der Waals surface area (Å²) in [6.45, 7) is 11.8. The highest BCUT2D eigenvalue weighted by Gasteiger charge is 2.36. The number of rotatable bonds is 10. The molecule has 1 saturated heterocycles. The zero-order valence-corrected chi connectivity index (χ0v) is 22.6. The Morgan fingerprint density at radius 3 is 2.33 bits per heavy atom. The van der Waals surface area contributed by atoms with Crippen molar-refractivity contribution in [3.63, 3.8) is 0 Å². The molecule has 6 heteroatoms. The van der Waals surface area contributed by atoms with Crippen LogP contribution in [0.4, 0.5) is 0 Å². The lowest BCUT2D eigenvalue weighted by Gasteiger charge is -2.42. The van der Waals surface area contributed by atoms with Crippen molar-refractivity contribution in [3.8, 4) is 0 Å². The van der Waals surface area contributed by atoms with E-state index in [-0.39, 0.29) is 35.6 Å². The van der Waals surface area contributed by atoms with Gasteiger partial charge in [0.2, 0.25) is 11.8 Å². The summed E-state index contributed by atoms with van der Waals surface area (Å²) in [5, 5.41) is 5.10. The van der Waals surface area contributed by atoms with Gasteiger partial charge in [-0.25, -0.2) is 0 Å². The predicted octanol–water partition coefficient (Wildman–Crippen LogP) is 5.26. The van der Waals surface area contributed by atoms with E-state index >= 15 is 0 Å². The van der Waals surface area contributed by atoms with E-state index in [1.807, 2.05) is 73.0 Å². The predicted molar refractivity (Wildman–Crippen MR) is 146 cm³/mol. The smallest absolute Gasteiger partial charge is 0.251 e. The summed E-state index contributed by atoms with van der Waals surface area (Å²) < 4.78 is 0. The van der Waals surface area contributed by atoms with Crippen molar-refractivity contribution in [2.24, 2.45) is 11.8 Å². The Labute approximate surface area is 216 Å². The van der Waals surface area contributed by atoms with Crippen LogP contribution in [0.3, 0.4) is 0 Å². The van der Waals surface area contributed by atoms with Gasteiger partial charge < -0.3 is 15.1 Å². The minimum absolute atomic E-state index is 0.00427. The van der Waals surface area contributed by atoms with Crippen LogP contribution in [-0.2, 0) is 9.59 Å². The SMILES string of the molecule is CCCC[C@H](CC)C(=O)N1CCN(C(=O)[C@H](NC(=O)c2ccc3ccccc3c2)[C@H](C)CC)C[C@@H]1C. The summed E-state index contributed by atoms with van der Waals surface area (Å²) in [6, 6.07) is 12.9. The number of fused-ring (bicyclic) bond motifs is 1. The molecule has 6 nitrogen and oxygen atoms in total. The molecule has 36 heavy (non-hydrogen) atoms. The number of benzene rings is 2. The summed E-state index contributed by atoms with van der Waals surface area (Å²) in [5.74, 6) is -0.0220. The Morgan fingerprint density at radius 2 is 1.69 bits per heavy atom. The highest BCUT2D eigenvalue weighted by molar-refractivity contribution is 6.00. The molecule has 2 aromatic rings. The van der Waals surface area contributed by atoms with E-state index in [1.54, 1.807) is 0 Å². The van der Waals surface area contributed by atoms with Crippen LogP contribution < -0.4 is 5.32 Å². The van der Waals surface area contributed by atoms with Crippen LogP contribution >= 0.6 is 0 Å². The van der Waals surface area contributed by atoms with E-state index in [2.05, 4.69) is 19.2 Å². The molecular formula is C30H43N3O3. The number of amides is 3. The van der Waals surface area contributed by atoms with Crippen molar-refractivity contribution in [1.29, 1.82) is 0 Å². The van der Waals surface area contributed by atoms with Crippen LogP contribution in [0.5, 0.6) is 0 Å². The quantitative estimate of drug-likeness (QED) is 0.491. The average molecular weight is 494 g/mol. The number of hydrogen-bond acceptors (Lipinski definition) is 3. The molecule has 0 radical (unpaired) electrons. The number of carbonyl (C=O) groups is 3. The lowest BCUT2D eigenvalue weighted by Crippen LogP contribution is -2.60. The lowest BCUT2D eigenvalue weighted by atomic mass is 9.95. The van der Waals surface area contributed by atoms with Crippen molar-refractivity contribution in [1.82, 2.24) is 15.1 Å². The van der Waals surface area contributed by atoms with Gasteiger partial charge >= 0.3 is 0 Å². The van der Waals surface area contributed by atoms with E-state index in [0.717, 1.165) is 42.9 Å². The molecule has 4 atom stereocenters. The highest BCUT2D eigenvalue weighted by Crippen LogP contribution is 2.22. The monoisotopic (exact) mass is 493 g/mol. The van der Waals surface area contributed by atoms with Crippen molar-refractivity contribution in [2.45, 2.75) is 78.8 Å². The molecule has 1 aliphatic heterocycles. The molecule has 1 aliphatic rings. The molecule has 0 aromatic heterocycles. The third-order valence-corrected chi connectivity index (χ3v) is 7.75. The third kappa shape index (κ3) is 6.45. The van der Waals surface area contributed by atoms with E-state index in [0.29, 0.717) is 25.2 Å². The molecule has 1 fully saturated rings. The summed E-state index contributed by atoms with van der Waals surface area (Å²) in [7, 11) is 0. The van der Waals surface area contributed by atoms with Gasteiger partial charge in [-0.15, -0.1) is 0 Å². The fraction of sp³-hybridized carbons (Fsp3) is 0.567. The Morgan fingerprint density at radius 1 is 0.972 bits per heavy atom. The average Bonchev–Trinajstić information content (AvgIpc) is 2.90. The molecule has 0 bridgehead atoms. The lowest BCUT2D eigenvalue weighted by molar-refractivity contribution is -0.146. The van der Waals surface area contributed by atoms with Gasteiger partial charge in [-0.3, -0.25) is 14.4 Å². The number of hydrogen-bond donors (Lipinski definition) is 1. The molecular weight excluding hydrogens is 450 g/mol. The summed E-state index contributed by atoms with van der Waals surface area (Å²) >= 11 is 0. The first kappa shape index (κ1) is 27.7. The number of nitrogens with zero attached hydrogens (tertiary/aromatic N) is 2. The van der Waals surface area contributed by atoms with Gasteiger partial charge in [-0.2, -0.15) is 0 Å². The first-order chi connectivity index (χ1) is 17.3. The fourth-order valence-electron chi connectivity index (χ4n) is 5.11. The van der Waals surface area contributed by atoms with E-state index in [4.69, 9.17) is 0 Å². The first-order valence-electron chi connectivity index (χ1n) is 13.7. The molecule has 3 rings (SSSR count). The molecule has 3 amide bonds. The molecule has 0 aliphatic carbocycles. The second kappa shape index (κ2) is 12.9. The van der Waals surface area contributed by atoms with Crippen molar-refractivity contribution in [2.75, 3.05) is 19.6 Å². The normalized spacial score (nSPS) is 18.5. The van der Waals surface area contributed by atoms with Crippen molar-refractivity contribution in [3.05, 3.63) is 48.0 Å². The molecule has 0 spiro atoms. The maximum atomic E-state index is 13.6. The zero-order valence-electron chi connectivity index (χ0n) is 22.6. The Bertz CT molecular complexity index is 1050. The first-order valence-corrected chi connectivity index (χ1v) is 13.7. The van der Waals surface area contributed by atoms with Gasteiger partial charge in [0.1, 0.15) is 6.04 Å². The minimum Gasteiger partial charge on any atom is -0.340 e. The molecule has 196 valence electrons. The standard InChI is InChI=1S/C30H43N3O3/c1-6-9-12-23(8-3)29(35)33-18-17-32(20-22(33)5)30(36)27(21(4)7-2)31-28(34)26-16-15-24-13-10-11-14-25(24)19-26/h10-11,13-16,19,21-23,27H,6-9,12,17-18,20H2,1-5H3,(H,31,34)/t21-,22+,23+,27-/m1/s1. The Hall–Kier alpha value is -2.89. The van der Waals surface area contributed by atoms with E-state index in [9.17, 15) is 14.4 Å². The Balaban J connectivity index is 1.69. The van der Waals surface area contributed by atoms with Crippen LogP contribution in [0.2, 0.25) is 0 Å². The number of carbonyl (C=O) groups excluding carboxylic acids is 3. The topological polar surface area (TPSA) is 69.7 Å². The highest BCUT2D eigenvalue weighted by atomic mass is 16.2. The van der Waals surface area contributed by atoms with E-state index in [1.165, 1.54) is 0 Å². The minimum atomic E-state index is -0.601. The molecule has 0 unspecified atom stereocenters. The van der Waals surface area contributed by atoms with Gasteiger partial charge in [0, 0.05) is 37.2 Å². The van der Waals surface area contributed by atoms with Gasteiger partial charge in [0.15, 0.2) is 0 Å². The van der Waals surface area contributed by atoms with Crippen LogP contribution in [0.25, 0.3) is 10.8 Å². The molecule has 2 aromatic carbocycles. The third-order valence-electron chi connectivity index (χ3n) is 7.75. The number of piperazine rings is 1. The largest absolute Gasteiger partial charge is 0.340 e. The molecule has 1 N–H and O–H groups in total. The summed E-state index contributed by atoms with van der Waals surface area (Å²) in [5.41, 5.74) is 0.552. The summed E-state index contributed by atoms with van der Waals surface area (Å²) in [6.07, 6.45) is 4.70. The summed E-state index contributed by atoms with van der Waals surface area (Å²) in [4.78, 5) is 43.8. The van der Waals surface area contributed by atoms with Crippen LogP contribution in [0, 0.1) is 11.8 Å². The number of unbranched alkanes of at least 4 members (excludes halogenated alkanes) is 1. The molecule has 1 heterocycles. The van der Waals surface area contributed by atoms with E-state index < -0.39 is 6.04 Å². The zero-order chi connectivity index (χ0) is 26.2. The van der Waals surface area contributed by atoms with Gasteiger partial charge in [0.05, 0.1) is 0 Å². The number of nitrogens with one attached hydrogen (secondary N) is 1. The maximum absolute atomic E-state index is 13.6. The van der Waals surface area contributed by atoms with Crippen LogP contribution in [-0.4, -0.2) is 59.2 Å². The van der Waals surface area contributed by atoms with Gasteiger partial charge in [-0.05, 0) is 48.6 Å². The van der Waals surface area contributed by atoms with Gasteiger partial charge in [-0.1, -0.05) is 77.3 Å². The second-order valence-corrected chi connectivity index (χ2v) is 10.3. The second-order valence-electron chi connectivity index (χ2n) is 10.3.